The number of halogens is 1. The number of carbonyl (C=O) groups excluding carboxylic acids is 1. The van der Waals surface area contributed by atoms with Gasteiger partial charge in [0.2, 0.25) is 5.91 Å². The second kappa shape index (κ2) is 7.68. The van der Waals surface area contributed by atoms with Crippen LogP contribution in [0.2, 0.25) is 0 Å². The molecule has 3 aromatic rings. The molecule has 0 spiro atoms. The number of hydrogen-bond acceptors (Lipinski definition) is 5. The summed E-state index contributed by atoms with van der Waals surface area (Å²) in [5.74, 6) is 1.12. The third kappa shape index (κ3) is 3.93. The molecule has 0 saturated carbocycles. The van der Waals surface area contributed by atoms with Crippen LogP contribution in [0.1, 0.15) is 18.2 Å². The van der Waals surface area contributed by atoms with Crippen molar-refractivity contribution in [2.45, 2.75) is 13.8 Å². The van der Waals surface area contributed by atoms with Crippen LogP contribution >= 0.6 is 27.5 Å². The van der Waals surface area contributed by atoms with Crippen LogP contribution in [0.15, 0.2) is 46.9 Å². The van der Waals surface area contributed by atoms with Crippen LogP contribution < -0.4 is 10.1 Å². The van der Waals surface area contributed by atoms with E-state index in [1.807, 2.05) is 25.1 Å². The molecule has 3 rings (SSSR count). The molecule has 130 valence electrons. The fourth-order valence-electron chi connectivity index (χ4n) is 2.34. The number of nitrogens with zero attached hydrogens (tertiary/aromatic N) is 2. The van der Waals surface area contributed by atoms with Crippen LogP contribution in [0, 0.1) is 18.3 Å². The SMILES string of the molecule is CC(=O)Nc1c(C)nsc1-c1ccc(Br)c(Oc2ccc(C#N)cc2)c1. The minimum Gasteiger partial charge on any atom is -0.456 e. The van der Waals surface area contributed by atoms with Crippen molar-refractivity contribution in [3.63, 3.8) is 0 Å². The number of benzene rings is 2. The number of aryl methyl sites for hydroxylation is 1. The summed E-state index contributed by atoms with van der Waals surface area (Å²) in [6, 6.07) is 14.7. The summed E-state index contributed by atoms with van der Waals surface area (Å²) < 4.78 is 11.1. The quantitative estimate of drug-likeness (QED) is 0.595. The van der Waals surface area contributed by atoms with E-state index in [9.17, 15) is 4.79 Å². The van der Waals surface area contributed by atoms with Gasteiger partial charge in [-0.3, -0.25) is 4.79 Å². The van der Waals surface area contributed by atoms with Gasteiger partial charge in [-0.05, 0) is 76.3 Å². The maximum absolute atomic E-state index is 11.5. The zero-order valence-corrected chi connectivity index (χ0v) is 16.4. The Kier molecular flexibility index (Phi) is 5.35. The van der Waals surface area contributed by atoms with E-state index in [2.05, 4.69) is 31.7 Å². The molecule has 0 fully saturated rings. The Hall–Kier alpha value is -2.69. The van der Waals surface area contributed by atoms with E-state index in [0.29, 0.717) is 22.7 Å². The topological polar surface area (TPSA) is 75.0 Å². The van der Waals surface area contributed by atoms with Gasteiger partial charge < -0.3 is 10.1 Å². The molecule has 0 unspecified atom stereocenters. The molecule has 26 heavy (non-hydrogen) atoms. The Morgan fingerprint density at radius 1 is 1.27 bits per heavy atom. The van der Waals surface area contributed by atoms with E-state index < -0.39 is 0 Å². The highest BCUT2D eigenvalue weighted by molar-refractivity contribution is 9.10. The Morgan fingerprint density at radius 3 is 2.65 bits per heavy atom. The number of anilines is 1. The lowest BCUT2D eigenvalue weighted by atomic mass is 10.1. The fraction of sp³-hybridized carbons (Fsp3) is 0.105. The van der Waals surface area contributed by atoms with E-state index in [0.717, 1.165) is 20.6 Å². The monoisotopic (exact) mass is 427 g/mol. The van der Waals surface area contributed by atoms with Gasteiger partial charge in [-0.25, -0.2) is 0 Å². The molecule has 2 aromatic carbocycles. The van der Waals surface area contributed by atoms with Gasteiger partial charge in [0, 0.05) is 6.92 Å². The summed E-state index contributed by atoms with van der Waals surface area (Å²) in [6.07, 6.45) is 0. The first-order chi connectivity index (χ1) is 12.5. The molecule has 0 saturated heterocycles. The van der Waals surface area contributed by atoms with Crippen molar-refractivity contribution in [2.75, 3.05) is 5.32 Å². The van der Waals surface area contributed by atoms with Gasteiger partial charge in [0.25, 0.3) is 0 Å². The molecule has 0 aliphatic heterocycles. The minimum absolute atomic E-state index is 0.138. The predicted molar refractivity (Wildman–Crippen MR) is 106 cm³/mol. The van der Waals surface area contributed by atoms with E-state index in [1.165, 1.54) is 18.5 Å². The fourth-order valence-corrected chi connectivity index (χ4v) is 3.51. The Balaban J connectivity index is 1.95. The van der Waals surface area contributed by atoms with Gasteiger partial charge >= 0.3 is 0 Å². The van der Waals surface area contributed by atoms with Crippen LogP contribution in [0.25, 0.3) is 10.4 Å². The van der Waals surface area contributed by atoms with Crippen molar-refractivity contribution in [1.29, 1.82) is 5.26 Å². The highest BCUT2D eigenvalue weighted by atomic mass is 79.9. The third-order valence-electron chi connectivity index (χ3n) is 3.57. The average Bonchev–Trinajstić information content (AvgIpc) is 2.98. The lowest BCUT2D eigenvalue weighted by Gasteiger charge is -2.10. The van der Waals surface area contributed by atoms with Crippen molar-refractivity contribution in [2.24, 2.45) is 0 Å². The lowest BCUT2D eigenvalue weighted by molar-refractivity contribution is -0.114. The Bertz CT molecular complexity index is 1010. The van der Waals surface area contributed by atoms with Crippen molar-refractivity contribution in [3.8, 4) is 28.0 Å². The third-order valence-corrected chi connectivity index (χ3v) is 5.21. The van der Waals surface area contributed by atoms with E-state index in [1.54, 1.807) is 24.3 Å². The summed E-state index contributed by atoms with van der Waals surface area (Å²) in [5.41, 5.74) is 2.96. The molecule has 1 amide bonds. The molecule has 7 heteroatoms. The van der Waals surface area contributed by atoms with E-state index in [-0.39, 0.29) is 5.91 Å². The van der Waals surface area contributed by atoms with Crippen molar-refractivity contribution >= 4 is 39.1 Å². The largest absolute Gasteiger partial charge is 0.456 e. The number of hydrogen-bond donors (Lipinski definition) is 1. The maximum Gasteiger partial charge on any atom is 0.221 e. The zero-order chi connectivity index (χ0) is 18.7. The van der Waals surface area contributed by atoms with Gasteiger partial charge in [0.05, 0.1) is 32.4 Å². The number of nitriles is 1. The first-order valence-corrected chi connectivity index (χ1v) is 9.26. The average molecular weight is 428 g/mol. The molecular formula is C19H14BrN3O2S. The molecule has 0 aliphatic carbocycles. The minimum atomic E-state index is -0.138. The number of aromatic nitrogens is 1. The van der Waals surface area contributed by atoms with Gasteiger partial charge in [-0.15, -0.1) is 0 Å². The summed E-state index contributed by atoms with van der Waals surface area (Å²) >= 11 is 4.82. The molecule has 1 N–H and O–H groups in total. The summed E-state index contributed by atoms with van der Waals surface area (Å²) in [5, 5.41) is 11.7. The normalized spacial score (nSPS) is 10.2. The Labute approximate surface area is 163 Å². The highest BCUT2D eigenvalue weighted by Gasteiger charge is 2.15. The standard InChI is InChI=1S/C19H14BrN3O2S/c1-11-18(22-12(2)24)19(26-23-11)14-5-8-16(20)17(9-14)25-15-6-3-13(10-21)4-7-15/h3-9H,1-2H3,(H,22,24). The van der Waals surface area contributed by atoms with Gasteiger partial charge in [0.15, 0.2) is 0 Å². The van der Waals surface area contributed by atoms with Crippen molar-refractivity contribution < 1.29 is 9.53 Å². The number of ether oxygens (including phenoxy) is 1. The Morgan fingerprint density at radius 2 is 2.00 bits per heavy atom. The summed E-state index contributed by atoms with van der Waals surface area (Å²) in [6.45, 7) is 3.33. The molecule has 0 radical (unpaired) electrons. The summed E-state index contributed by atoms with van der Waals surface area (Å²) in [4.78, 5) is 12.3. The summed E-state index contributed by atoms with van der Waals surface area (Å²) in [7, 11) is 0. The van der Waals surface area contributed by atoms with Crippen LogP contribution in [-0.4, -0.2) is 10.3 Å². The van der Waals surface area contributed by atoms with Crippen molar-refractivity contribution in [1.82, 2.24) is 4.37 Å². The highest BCUT2D eigenvalue weighted by Crippen LogP contribution is 2.39. The zero-order valence-electron chi connectivity index (χ0n) is 14.0. The molecule has 0 bridgehead atoms. The smallest absolute Gasteiger partial charge is 0.221 e. The van der Waals surface area contributed by atoms with E-state index in [4.69, 9.17) is 10.00 Å². The van der Waals surface area contributed by atoms with Crippen LogP contribution in [0.3, 0.4) is 0 Å². The van der Waals surface area contributed by atoms with Gasteiger partial charge in [-0.1, -0.05) is 6.07 Å². The second-order valence-electron chi connectivity index (χ2n) is 5.54. The molecule has 0 aliphatic rings. The van der Waals surface area contributed by atoms with Crippen LogP contribution in [0.5, 0.6) is 11.5 Å². The number of amides is 1. The lowest BCUT2D eigenvalue weighted by Crippen LogP contribution is -2.06. The van der Waals surface area contributed by atoms with Gasteiger partial charge in [-0.2, -0.15) is 9.64 Å². The molecular weight excluding hydrogens is 414 g/mol. The predicted octanol–water partition coefficient (Wildman–Crippen LogP) is 5.50. The van der Waals surface area contributed by atoms with E-state index >= 15 is 0 Å². The van der Waals surface area contributed by atoms with Gasteiger partial charge in [0.1, 0.15) is 11.5 Å². The molecule has 0 atom stereocenters. The number of nitrogens with one attached hydrogen (secondary N) is 1. The number of carbonyl (C=O) groups is 1. The van der Waals surface area contributed by atoms with Crippen LogP contribution in [0.4, 0.5) is 5.69 Å². The maximum atomic E-state index is 11.5. The molecule has 5 nitrogen and oxygen atoms in total. The second-order valence-corrected chi connectivity index (χ2v) is 7.16. The molecule has 1 heterocycles. The van der Waals surface area contributed by atoms with Crippen LogP contribution in [-0.2, 0) is 4.79 Å². The first kappa shape index (κ1) is 18.1. The van der Waals surface area contributed by atoms with Crippen molar-refractivity contribution in [3.05, 3.63) is 58.2 Å². The number of rotatable bonds is 4. The first-order valence-electron chi connectivity index (χ1n) is 7.69. The molecule has 1 aromatic heterocycles.